The minimum atomic E-state index is -0.156. The second-order valence-electron chi connectivity index (χ2n) is 15.1. The Hall–Kier alpha value is -0.480. The second-order valence-corrected chi connectivity index (χ2v) is 20.5. The molecule has 0 aliphatic carbocycles. The molecule has 0 amide bonds. The van der Waals surface area contributed by atoms with Gasteiger partial charge in [-0.05, 0) is 24.8 Å². The van der Waals surface area contributed by atoms with E-state index in [1.165, 1.54) is 171 Å². The van der Waals surface area contributed by atoms with Gasteiger partial charge in [-0.2, -0.15) is 0 Å². The summed E-state index contributed by atoms with van der Waals surface area (Å²) in [5.74, 6) is 3.69. The Morgan fingerprint density at radius 3 is 1.18 bits per heavy atom. The molecule has 1 aromatic rings. The van der Waals surface area contributed by atoms with Crippen molar-refractivity contribution < 1.29 is 19.1 Å². The van der Waals surface area contributed by atoms with Gasteiger partial charge >= 0.3 is 11.9 Å². The van der Waals surface area contributed by atoms with Crippen LogP contribution in [0.4, 0.5) is 0 Å². The highest BCUT2D eigenvalue weighted by Gasteiger charge is 2.13. The number of nitrogens with zero attached hydrogens (tertiary/aromatic N) is 1. The average Bonchev–Trinajstić information content (AvgIpc) is 3.20. The van der Waals surface area contributed by atoms with Crippen molar-refractivity contribution in [1.29, 1.82) is 0 Å². The van der Waals surface area contributed by atoms with Gasteiger partial charge in [0.1, 0.15) is 13.2 Å². The Morgan fingerprint density at radius 2 is 0.800 bits per heavy atom. The summed E-state index contributed by atoms with van der Waals surface area (Å²) in [4.78, 5) is 27.3. The van der Waals surface area contributed by atoms with E-state index in [4.69, 9.17) is 9.47 Å². The van der Waals surface area contributed by atoms with Crippen LogP contribution in [0.15, 0.2) is 30.3 Å². The van der Waals surface area contributed by atoms with E-state index in [-0.39, 0.29) is 11.9 Å². The Morgan fingerprint density at radius 1 is 0.455 bits per heavy atom. The molecule has 0 heterocycles. The predicted octanol–water partition coefficient (Wildman–Crippen LogP) is 14.6. The van der Waals surface area contributed by atoms with E-state index in [0.29, 0.717) is 39.1 Å². The summed E-state index contributed by atoms with van der Waals surface area (Å²) in [5, 5.41) is 0. The van der Waals surface area contributed by atoms with E-state index in [2.05, 4.69) is 43.0 Å². The molecule has 0 spiro atoms. The summed E-state index contributed by atoms with van der Waals surface area (Å²) in [6, 6.07) is 10.4. The third kappa shape index (κ3) is 38.8. The number of hydrogen-bond acceptors (Lipinski definition) is 9. The van der Waals surface area contributed by atoms with Gasteiger partial charge in [-0.1, -0.05) is 229 Å². The number of hydrogen-bond donors (Lipinski definition) is 0. The Labute approximate surface area is 356 Å². The molecule has 0 atom stereocenters. The lowest BCUT2D eigenvalue weighted by molar-refractivity contribution is -0.143. The van der Waals surface area contributed by atoms with Crippen molar-refractivity contribution in [3.8, 4) is 0 Å². The average molecular weight is 842 g/mol. The van der Waals surface area contributed by atoms with E-state index in [1.807, 2.05) is 49.2 Å². The molecule has 0 aliphatic heterocycles. The standard InChI is InChI=1S/C46H83NO4S4/c1-3-5-7-9-11-13-15-17-19-21-23-28-40-52-54-42-38-50-45(48)33-36-47(35-32-44-30-26-25-27-31-44)37-34-46(49)51-39-43-55-53-41-29-24-22-20-18-16-14-12-10-8-6-4-2/h25-27,30-31H,3-24,28-29,32-43H2,1-2H3. The number of ether oxygens (including phenoxy) is 2. The molecule has 0 saturated carbocycles. The number of carbonyl (C=O) groups is 2. The van der Waals surface area contributed by atoms with Gasteiger partial charge < -0.3 is 14.4 Å². The zero-order chi connectivity index (χ0) is 39.5. The molecule has 55 heavy (non-hydrogen) atoms. The fraction of sp³-hybridized carbons (Fsp3) is 0.826. The van der Waals surface area contributed by atoms with Gasteiger partial charge in [-0.15, -0.1) is 0 Å². The van der Waals surface area contributed by atoms with Crippen LogP contribution in [0.5, 0.6) is 0 Å². The summed E-state index contributed by atoms with van der Waals surface area (Å²) >= 11 is 0. The van der Waals surface area contributed by atoms with E-state index in [9.17, 15) is 9.59 Å². The first kappa shape index (κ1) is 52.5. The lowest BCUT2D eigenvalue weighted by Crippen LogP contribution is -2.31. The van der Waals surface area contributed by atoms with Crippen LogP contribution in [-0.4, -0.2) is 72.7 Å². The molecular weight excluding hydrogens is 759 g/mol. The topological polar surface area (TPSA) is 55.8 Å². The molecule has 0 aliphatic rings. The van der Waals surface area contributed by atoms with Crippen molar-refractivity contribution in [2.24, 2.45) is 0 Å². The zero-order valence-corrected chi connectivity index (χ0v) is 38.8. The molecular formula is C46H83NO4S4. The number of esters is 2. The first-order valence-electron chi connectivity index (χ1n) is 22.7. The van der Waals surface area contributed by atoms with Crippen LogP contribution in [0.1, 0.15) is 186 Å². The fourth-order valence-corrected chi connectivity index (χ4v) is 10.5. The van der Waals surface area contributed by atoms with Gasteiger partial charge in [0.25, 0.3) is 0 Å². The van der Waals surface area contributed by atoms with Gasteiger partial charge in [-0.3, -0.25) is 9.59 Å². The molecule has 0 aromatic heterocycles. The van der Waals surface area contributed by atoms with E-state index < -0.39 is 0 Å². The Bertz CT molecular complexity index is 903. The van der Waals surface area contributed by atoms with E-state index in [0.717, 1.165) is 24.5 Å². The third-order valence-electron chi connectivity index (χ3n) is 10.0. The van der Waals surface area contributed by atoms with E-state index in [1.54, 1.807) is 0 Å². The Kier molecular flexibility index (Phi) is 41.2. The summed E-state index contributed by atoms with van der Waals surface area (Å²) < 4.78 is 11.1. The van der Waals surface area contributed by atoms with Crippen molar-refractivity contribution in [2.75, 3.05) is 55.9 Å². The van der Waals surface area contributed by atoms with Crippen molar-refractivity contribution in [3.63, 3.8) is 0 Å². The maximum absolute atomic E-state index is 12.5. The first-order valence-corrected chi connectivity index (χ1v) is 27.7. The van der Waals surface area contributed by atoms with Crippen molar-refractivity contribution >= 4 is 55.1 Å². The summed E-state index contributed by atoms with van der Waals surface area (Å²) in [5.41, 5.74) is 1.26. The van der Waals surface area contributed by atoms with Crippen LogP contribution in [-0.2, 0) is 25.5 Å². The highest BCUT2D eigenvalue weighted by Crippen LogP contribution is 2.24. The van der Waals surface area contributed by atoms with Gasteiger partial charge in [0.05, 0.1) is 12.8 Å². The second kappa shape index (κ2) is 43.1. The summed E-state index contributed by atoms with van der Waals surface area (Å²) in [6.07, 6.45) is 34.7. The number of unbranched alkanes of at least 4 members (excludes halogenated alkanes) is 22. The number of rotatable bonds is 43. The van der Waals surface area contributed by atoms with E-state index >= 15 is 0 Å². The molecule has 1 rings (SSSR count). The van der Waals surface area contributed by atoms with Crippen molar-refractivity contribution in [2.45, 2.75) is 187 Å². The predicted molar refractivity (Wildman–Crippen MR) is 250 cm³/mol. The minimum Gasteiger partial charge on any atom is -0.465 e. The summed E-state index contributed by atoms with van der Waals surface area (Å²) in [7, 11) is 7.44. The maximum Gasteiger partial charge on any atom is 0.307 e. The fourth-order valence-electron chi connectivity index (χ4n) is 6.53. The minimum absolute atomic E-state index is 0.156. The van der Waals surface area contributed by atoms with Crippen molar-refractivity contribution in [1.82, 2.24) is 4.90 Å². The largest absolute Gasteiger partial charge is 0.465 e. The molecule has 0 N–H and O–H groups in total. The third-order valence-corrected chi connectivity index (χ3v) is 14.9. The molecule has 0 radical (unpaired) electrons. The zero-order valence-electron chi connectivity index (χ0n) is 35.6. The monoisotopic (exact) mass is 842 g/mol. The first-order chi connectivity index (χ1) is 27.2. The Balaban J connectivity index is 2.06. The molecule has 1 aromatic carbocycles. The lowest BCUT2D eigenvalue weighted by atomic mass is 10.1. The SMILES string of the molecule is CCCCCCCCCCCCCCSSCCOC(=O)CCN(CCC(=O)OCCSSCCCCCCCCCCCCCC)CCc1ccccc1. The van der Waals surface area contributed by atoms with Crippen LogP contribution in [0.25, 0.3) is 0 Å². The molecule has 0 bridgehead atoms. The van der Waals surface area contributed by atoms with Crippen LogP contribution < -0.4 is 0 Å². The van der Waals surface area contributed by atoms with Gasteiger partial charge in [0.2, 0.25) is 0 Å². The molecule has 0 unspecified atom stereocenters. The van der Waals surface area contributed by atoms with Gasteiger partial charge in [-0.25, -0.2) is 0 Å². The summed E-state index contributed by atoms with van der Waals surface area (Å²) in [6.45, 7) is 7.45. The van der Waals surface area contributed by atoms with Crippen LogP contribution >= 0.6 is 43.2 Å². The van der Waals surface area contributed by atoms with Crippen LogP contribution in [0, 0.1) is 0 Å². The molecule has 0 saturated heterocycles. The maximum atomic E-state index is 12.5. The van der Waals surface area contributed by atoms with Crippen molar-refractivity contribution in [3.05, 3.63) is 35.9 Å². The molecule has 5 nitrogen and oxygen atoms in total. The normalized spacial score (nSPS) is 11.4. The number of benzene rings is 1. The molecule has 9 heteroatoms. The highest BCUT2D eigenvalue weighted by molar-refractivity contribution is 8.77. The van der Waals surface area contributed by atoms with Gasteiger partial charge in [0.15, 0.2) is 0 Å². The van der Waals surface area contributed by atoms with Crippen LogP contribution in [0.3, 0.4) is 0 Å². The lowest BCUT2D eigenvalue weighted by Gasteiger charge is -2.21. The quantitative estimate of drug-likeness (QED) is 0.0363. The number of carbonyl (C=O) groups excluding carboxylic acids is 2. The van der Waals surface area contributed by atoms with Gasteiger partial charge in [0, 0.05) is 42.6 Å². The molecule has 0 fully saturated rings. The molecule has 320 valence electrons. The highest BCUT2D eigenvalue weighted by atomic mass is 33.1. The van der Waals surface area contributed by atoms with Crippen LogP contribution in [0.2, 0.25) is 0 Å². The smallest absolute Gasteiger partial charge is 0.307 e.